The zero-order valence-corrected chi connectivity index (χ0v) is 11.1. The Morgan fingerprint density at radius 3 is 2.42 bits per heavy atom. The van der Waals surface area contributed by atoms with E-state index in [2.05, 4.69) is 5.32 Å². The highest BCUT2D eigenvalue weighted by molar-refractivity contribution is 5.86. The maximum absolute atomic E-state index is 12.6. The predicted molar refractivity (Wildman–Crippen MR) is 63.5 cm³/mol. The summed E-state index contributed by atoms with van der Waals surface area (Å²) in [6, 6.07) is -0.407. The number of alkyl halides is 3. The SMILES string of the molecule is CC(CN1CCOCC1)NC(=O)C(C)(N)C(F)(F)F. The summed E-state index contributed by atoms with van der Waals surface area (Å²) >= 11 is 0. The van der Waals surface area contributed by atoms with Crippen molar-refractivity contribution < 1.29 is 22.7 Å². The van der Waals surface area contributed by atoms with Crippen molar-refractivity contribution in [2.45, 2.75) is 31.6 Å². The third kappa shape index (κ3) is 4.32. The van der Waals surface area contributed by atoms with Crippen LogP contribution in [0.5, 0.6) is 0 Å². The van der Waals surface area contributed by atoms with E-state index in [9.17, 15) is 18.0 Å². The highest BCUT2D eigenvalue weighted by Gasteiger charge is 2.54. The lowest BCUT2D eigenvalue weighted by atomic mass is 10.0. The predicted octanol–water partition coefficient (Wildman–Crippen LogP) is 0.103. The molecule has 0 spiro atoms. The molecule has 1 aliphatic rings. The molecule has 19 heavy (non-hydrogen) atoms. The van der Waals surface area contributed by atoms with Crippen molar-refractivity contribution in [3.8, 4) is 0 Å². The minimum absolute atomic E-state index is 0.407. The second-order valence-corrected chi connectivity index (χ2v) is 4.99. The van der Waals surface area contributed by atoms with Crippen LogP contribution in [-0.2, 0) is 9.53 Å². The maximum atomic E-state index is 12.6. The third-order valence-electron chi connectivity index (χ3n) is 3.07. The Morgan fingerprint density at radius 2 is 1.95 bits per heavy atom. The van der Waals surface area contributed by atoms with Gasteiger partial charge in [-0.05, 0) is 13.8 Å². The molecule has 0 aromatic carbocycles. The highest BCUT2D eigenvalue weighted by Crippen LogP contribution is 2.28. The van der Waals surface area contributed by atoms with E-state index in [1.807, 2.05) is 4.90 Å². The molecule has 1 rings (SSSR count). The molecule has 2 unspecified atom stereocenters. The summed E-state index contributed by atoms with van der Waals surface area (Å²) in [6.07, 6.45) is -4.77. The van der Waals surface area contributed by atoms with Gasteiger partial charge in [-0.1, -0.05) is 0 Å². The molecule has 112 valence electrons. The van der Waals surface area contributed by atoms with Crippen LogP contribution >= 0.6 is 0 Å². The minimum Gasteiger partial charge on any atom is -0.379 e. The normalized spacial score (nSPS) is 22.6. The number of amides is 1. The van der Waals surface area contributed by atoms with Crippen molar-refractivity contribution >= 4 is 5.91 Å². The monoisotopic (exact) mass is 283 g/mol. The molecule has 1 saturated heterocycles. The zero-order chi connectivity index (χ0) is 14.7. The van der Waals surface area contributed by atoms with Crippen molar-refractivity contribution in [2.24, 2.45) is 5.73 Å². The van der Waals surface area contributed by atoms with Gasteiger partial charge in [0.25, 0.3) is 0 Å². The van der Waals surface area contributed by atoms with Crippen LogP contribution in [0.1, 0.15) is 13.8 Å². The van der Waals surface area contributed by atoms with Crippen molar-refractivity contribution in [1.82, 2.24) is 10.2 Å². The van der Waals surface area contributed by atoms with Gasteiger partial charge in [-0.3, -0.25) is 9.69 Å². The molecule has 1 heterocycles. The van der Waals surface area contributed by atoms with Gasteiger partial charge in [-0.15, -0.1) is 0 Å². The van der Waals surface area contributed by atoms with E-state index in [-0.39, 0.29) is 0 Å². The Bertz CT molecular complexity index is 315. The van der Waals surface area contributed by atoms with E-state index in [4.69, 9.17) is 10.5 Å². The molecule has 0 aromatic heterocycles. The second-order valence-electron chi connectivity index (χ2n) is 4.99. The first-order chi connectivity index (χ1) is 8.64. The van der Waals surface area contributed by atoms with E-state index in [0.29, 0.717) is 39.8 Å². The summed E-state index contributed by atoms with van der Waals surface area (Å²) in [7, 11) is 0. The number of halogens is 3. The molecule has 0 radical (unpaired) electrons. The molecule has 0 saturated carbocycles. The number of rotatable bonds is 4. The lowest BCUT2D eigenvalue weighted by Crippen LogP contribution is -2.63. The van der Waals surface area contributed by atoms with E-state index < -0.39 is 23.7 Å². The molecule has 0 bridgehead atoms. The van der Waals surface area contributed by atoms with Crippen LogP contribution in [0.4, 0.5) is 13.2 Å². The van der Waals surface area contributed by atoms with E-state index in [1.165, 1.54) is 0 Å². The van der Waals surface area contributed by atoms with Crippen molar-refractivity contribution in [2.75, 3.05) is 32.8 Å². The van der Waals surface area contributed by atoms with Gasteiger partial charge in [0.05, 0.1) is 13.2 Å². The molecule has 0 aliphatic carbocycles. The van der Waals surface area contributed by atoms with Gasteiger partial charge in [0, 0.05) is 25.7 Å². The lowest BCUT2D eigenvalue weighted by Gasteiger charge is -2.32. The van der Waals surface area contributed by atoms with Gasteiger partial charge < -0.3 is 15.8 Å². The summed E-state index contributed by atoms with van der Waals surface area (Å²) in [5.74, 6) is -1.21. The number of hydrogen-bond donors (Lipinski definition) is 2. The Morgan fingerprint density at radius 1 is 1.42 bits per heavy atom. The smallest absolute Gasteiger partial charge is 0.379 e. The second kappa shape index (κ2) is 6.06. The fraction of sp³-hybridized carbons (Fsp3) is 0.909. The van der Waals surface area contributed by atoms with Gasteiger partial charge in [-0.25, -0.2) is 0 Å². The molecule has 1 fully saturated rings. The van der Waals surface area contributed by atoms with E-state index >= 15 is 0 Å². The zero-order valence-electron chi connectivity index (χ0n) is 11.1. The summed E-state index contributed by atoms with van der Waals surface area (Å²) in [5, 5.41) is 2.31. The number of carbonyl (C=O) groups excluding carboxylic acids is 1. The quantitative estimate of drug-likeness (QED) is 0.768. The Hall–Kier alpha value is -0.860. The number of morpholine rings is 1. The molecule has 1 aliphatic heterocycles. The highest BCUT2D eigenvalue weighted by atomic mass is 19.4. The average molecular weight is 283 g/mol. The largest absolute Gasteiger partial charge is 0.415 e. The van der Waals surface area contributed by atoms with Crippen molar-refractivity contribution in [3.63, 3.8) is 0 Å². The van der Waals surface area contributed by atoms with Crippen LogP contribution in [-0.4, -0.2) is 61.4 Å². The first-order valence-corrected chi connectivity index (χ1v) is 6.11. The fourth-order valence-electron chi connectivity index (χ4n) is 1.72. The van der Waals surface area contributed by atoms with E-state index in [0.717, 1.165) is 0 Å². The van der Waals surface area contributed by atoms with Gasteiger partial charge in [0.15, 0.2) is 5.54 Å². The van der Waals surface area contributed by atoms with Crippen molar-refractivity contribution in [1.29, 1.82) is 0 Å². The maximum Gasteiger partial charge on any atom is 0.415 e. The van der Waals surface area contributed by atoms with Gasteiger partial charge >= 0.3 is 6.18 Å². The Labute approximate surface area is 110 Å². The Balaban J connectivity index is 2.47. The van der Waals surface area contributed by atoms with Crippen LogP contribution in [0.25, 0.3) is 0 Å². The standard InChI is InChI=1S/C11H20F3N3O2/c1-8(7-17-3-5-19-6-4-17)16-9(18)10(2,15)11(12,13)14/h8H,3-7,15H2,1-2H3,(H,16,18). The number of nitrogens with two attached hydrogens (primary N) is 1. The molecular formula is C11H20F3N3O2. The summed E-state index contributed by atoms with van der Waals surface area (Å²) < 4.78 is 42.9. The van der Waals surface area contributed by atoms with Crippen LogP contribution in [0.3, 0.4) is 0 Å². The van der Waals surface area contributed by atoms with Gasteiger partial charge in [0.2, 0.25) is 5.91 Å². The van der Waals surface area contributed by atoms with Gasteiger partial charge in [-0.2, -0.15) is 13.2 Å². The molecular weight excluding hydrogens is 263 g/mol. The number of hydrogen-bond acceptors (Lipinski definition) is 4. The van der Waals surface area contributed by atoms with Crippen molar-refractivity contribution in [3.05, 3.63) is 0 Å². The van der Waals surface area contributed by atoms with Crippen LogP contribution in [0.15, 0.2) is 0 Å². The average Bonchev–Trinajstić information content (AvgIpc) is 2.28. The summed E-state index contributed by atoms with van der Waals surface area (Å²) in [4.78, 5) is 13.6. The molecule has 2 atom stereocenters. The summed E-state index contributed by atoms with van der Waals surface area (Å²) in [5.41, 5.74) is 2.18. The number of nitrogens with one attached hydrogen (secondary N) is 1. The third-order valence-corrected chi connectivity index (χ3v) is 3.07. The summed E-state index contributed by atoms with van der Waals surface area (Å²) in [6.45, 7) is 5.40. The minimum atomic E-state index is -4.77. The first-order valence-electron chi connectivity index (χ1n) is 6.11. The number of nitrogens with zero attached hydrogens (tertiary/aromatic N) is 1. The molecule has 3 N–H and O–H groups in total. The fourth-order valence-corrected chi connectivity index (χ4v) is 1.72. The van der Waals surface area contributed by atoms with Crippen LogP contribution < -0.4 is 11.1 Å². The first kappa shape index (κ1) is 16.2. The molecule has 0 aromatic rings. The Kier molecular flexibility index (Phi) is 5.17. The van der Waals surface area contributed by atoms with E-state index in [1.54, 1.807) is 6.92 Å². The molecule has 1 amide bonds. The topological polar surface area (TPSA) is 67.6 Å². The molecule has 5 nitrogen and oxygen atoms in total. The van der Waals surface area contributed by atoms with Gasteiger partial charge in [0.1, 0.15) is 0 Å². The molecule has 8 heteroatoms. The number of ether oxygens (including phenoxy) is 1. The lowest BCUT2D eigenvalue weighted by molar-refractivity contribution is -0.187. The van der Waals surface area contributed by atoms with Crippen LogP contribution in [0, 0.1) is 0 Å². The number of carbonyl (C=O) groups is 1. The van der Waals surface area contributed by atoms with Crippen LogP contribution in [0.2, 0.25) is 0 Å².